The minimum absolute atomic E-state index is 0.152. The standard InChI is InChI=1S/C10H21NO4S/c1-2-10(5-8-12)4-7-11-6-3-9-16(13,14)15/h2,10-12H,1,3-9H2,(H,13,14,15). The first-order chi connectivity index (χ1) is 7.49. The fourth-order valence-corrected chi connectivity index (χ4v) is 1.85. The Bertz CT molecular complexity index is 277. The Morgan fingerprint density at radius 2 is 2.00 bits per heavy atom. The van der Waals surface area contributed by atoms with E-state index in [-0.39, 0.29) is 12.4 Å². The molecule has 0 aromatic heterocycles. The molecule has 5 nitrogen and oxygen atoms in total. The number of nitrogens with one attached hydrogen (secondary N) is 1. The molecule has 3 N–H and O–H groups in total. The molecule has 0 saturated heterocycles. The summed E-state index contributed by atoms with van der Waals surface area (Å²) in [5, 5.41) is 11.8. The molecule has 0 aliphatic carbocycles. The summed E-state index contributed by atoms with van der Waals surface area (Å²) in [5.41, 5.74) is 0. The quantitative estimate of drug-likeness (QED) is 0.298. The molecular formula is C10H21NO4S. The number of hydrogen-bond acceptors (Lipinski definition) is 4. The first kappa shape index (κ1) is 15.6. The number of aliphatic hydroxyl groups excluding tert-OH is 1. The highest BCUT2D eigenvalue weighted by Crippen LogP contribution is 2.07. The second kappa shape index (κ2) is 8.69. The Balaban J connectivity index is 3.42. The predicted molar refractivity (Wildman–Crippen MR) is 63.9 cm³/mol. The zero-order valence-electron chi connectivity index (χ0n) is 9.43. The molecule has 1 unspecified atom stereocenters. The maximum absolute atomic E-state index is 10.4. The third kappa shape index (κ3) is 10.1. The highest BCUT2D eigenvalue weighted by molar-refractivity contribution is 7.85. The van der Waals surface area contributed by atoms with Crippen LogP contribution >= 0.6 is 0 Å². The van der Waals surface area contributed by atoms with Crippen LogP contribution in [-0.2, 0) is 10.1 Å². The number of hydrogen-bond donors (Lipinski definition) is 3. The lowest BCUT2D eigenvalue weighted by atomic mass is 10.0. The van der Waals surface area contributed by atoms with Crippen LogP contribution in [-0.4, -0.2) is 43.5 Å². The summed E-state index contributed by atoms with van der Waals surface area (Å²) in [6.45, 7) is 5.14. The highest BCUT2D eigenvalue weighted by atomic mass is 32.2. The third-order valence-corrected chi connectivity index (χ3v) is 3.09. The lowest BCUT2D eigenvalue weighted by Crippen LogP contribution is -2.21. The van der Waals surface area contributed by atoms with E-state index >= 15 is 0 Å². The van der Waals surface area contributed by atoms with Crippen molar-refractivity contribution in [3.63, 3.8) is 0 Å². The van der Waals surface area contributed by atoms with Crippen LogP contribution in [0.2, 0.25) is 0 Å². The summed E-state index contributed by atoms with van der Waals surface area (Å²) < 4.78 is 29.3. The van der Waals surface area contributed by atoms with Crippen molar-refractivity contribution in [2.24, 2.45) is 5.92 Å². The lowest BCUT2D eigenvalue weighted by Gasteiger charge is -2.10. The van der Waals surface area contributed by atoms with E-state index in [4.69, 9.17) is 9.66 Å². The summed E-state index contributed by atoms with van der Waals surface area (Å²) in [6, 6.07) is 0. The summed E-state index contributed by atoms with van der Waals surface area (Å²) in [7, 11) is -3.83. The Morgan fingerprint density at radius 1 is 1.31 bits per heavy atom. The molecule has 0 aliphatic heterocycles. The van der Waals surface area contributed by atoms with E-state index in [1.54, 1.807) is 0 Å². The Labute approximate surface area is 97.3 Å². The van der Waals surface area contributed by atoms with E-state index in [1.807, 2.05) is 6.08 Å². The molecule has 0 saturated carbocycles. The van der Waals surface area contributed by atoms with E-state index in [0.717, 1.165) is 13.0 Å². The summed E-state index contributed by atoms with van der Waals surface area (Å²) in [4.78, 5) is 0. The van der Waals surface area contributed by atoms with Gasteiger partial charge in [-0.15, -0.1) is 6.58 Å². The van der Waals surface area contributed by atoms with Gasteiger partial charge in [0.2, 0.25) is 0 Å². The molecular weight excluding hydrogens is 230 g/mol. The van der Waals surface area contributed by atoms with Gasteiger partial charge in [0, 0.05) is 6.61 Å². The molecule has 16 heavy (non-hydrogen) atoms. The maximum atomic E-state index is 10.4. The molecule has 0 bridgehead atoms. The first-order valence-electron chi connectivity index (χ1n) is 5.39. The number of rotatable bonds is 10. The maximum Gasteiger partial charge on any atom is 0.264 e. The van der Waals surface area contributed by atoms with E-state index in [2.05, 4.69) is 11.9 Å². The Hall–Kier alpha value is -0.430. The van der Waals surface area contributed by atoms with Gasteiger partial charge in [0.05, 0.1) is 5.75 Å². The molecule has 0 spiro atoms. The van der Waals surface area contributed by atoms with Gasteiger partial charge in [-0.2, -0.15) is 8.42 Å². The fraction of sp³-hybridized carbons (Fsp3) is 0.800. The van der Waals surface area contributed by atoms with Gasteiger partial charge in [0.25, 0.3) is 10.1 Å². The predicted octanol–water partition coefficient (Wildman–Crippen LogP) is 0.429. The van der Waals surface area contributed by atoms with Crippen molar-refractivity contribution >= 4 is 10.1 Å². The fourth-order valence-electron chi connectivity index (χ4n) is 1.34. The highest BCUT2D eigenvalue weighted by Gasteiger charge is 2.04. The topological polar surface area (TPSA) is 86.6 Å². The Morgan fingerprint density at radius 3 is 2.50 bits per heavy atom. The number of aliphatic hydroxyl groups is 1. The summed E-state index contributed by atoms with van der Waals surface area (Å²) in [5.74, 6) is 0.0840. The number of allylic oxidation sites excluding steroid dienone is 1. The van der Waals surface area contributed by atoms with Crippen molar-refractivity contribution in [1.82, 2.24) is 5.32 Å². The minimum atomic E-state index is -3.83. The molecule has 6 heteroatoms. The normalized spacial score (nSPS) is 13.6. The lowest BCUT2D eigenvalue weighted by molar-refractivity contribution is 0.266. The zero-order chi connectivity index (χ0) is 12.4. The van der Waals surface area contributed by atoms with Crippen molar-refractivity contribution in [1.29, 1.82) is 0 Å². The van der Waals surface area contributed by atoms with Gasteiger partial charge in [-0.1, -0.05) is 6.08 Å². The van der Waals surface area contributed by atoms with Gasteiger partial charge in [0.1, 0.15) is 0 Å². The largest absolute Gasteiger partial charge is 0.396 e. The van der Waals surface area contributed by atoms with Crippen molar-refractivity contribution in [2.45, 2.75) is 19.3 Å². The average Bonchev–Trinajstić information content (AvgIpc) is 2.20. The van der Waals surface area contributed by atoms with Crippen LogP contribution in [0.1, 0.15) is 19.3 Å². The van der Waals surface area contributed by atoms with Crippen LogP contribution in [0.4, 0.5) is 0 Å². The summed E-state index contributed by atoms with van der Waals surface area (Å²) in [6.07, 6.45) is 3.79. The molecule has 0 fully saturated rings. The second-order valence-electron chi connectivity index (χ2n) is 3.69. The third-order valence-electron chi connectivity index (χ3n) is 2.28. The van der Waals surface area contributed by atoms with Crippen LogP contribution < -0.4 is 5.32 Å². The van der Waals surface area contributed by atoms with Crippen molar-refractivity contribution in [3.8, 4) is 0 Å². The smallest absolute Gasteiger partial charge is 0.264 e. The van der Waals surface area contributed by atoms with Gasteiger partial charge in [0.15, 0.2) is 0 Å². The molecule has 0 aromatic rings. The van der Waals surface area contributed by atoms with Gasteiger partial charge in [-0.3, -0.25) is 4.55 Å². The Kier molecular flexibility index (Phi) is 8.46. The van der Waals surface area contributed by atoms with Gasteiger partial charge < -0.3 is 10.4 Å². The molecule has 0 heterocycles. The average molecular weight is 251 g/mol. The molecule has 0 aromatic carbocycles. The van der Waals surface area contributed by atoms with E-state index in [1.165, 1.54) is 0 Å². The SMILES string of the molecule is C=CC(CCO)CCNCCCS(=O)(=O)O. The van der Waals surface area contributed by atoms with E-state index < -0.39 is 10.1 Å². The van der Waals surface area contributed by atoms with Crippen LogP contribution in [0.5, 0.6) is 0 Å². The van der Waals surface area contributed by atoms with Gasteiger partial charge in [-0.25, -0.2) is 0 Å². The van der Waals surface area contributed by atoms with Gasteiger partial charge >= 0.3 is 0 Å². The molecule has 0 rings (SSSR count). The molecule has 0 radical (unpaired) electrons. The van der Waals surface area contributed by atoms with Crippen LogP contribution in [0.25, 0.3) is 0 Å². The van der Waals surface area contributed by atoms with Crippen molar-refractivity contribution < 1.29 is 18.1 Å². The van der Waals surface area contributed by atoms with Crippen molar-refractivity contribution in [2.75, 3.05) is 25.4 Å². The van der Waals surface area contributed by atoms with E-state index in [0.29, 0.717) is 25.3 Å². The van der Waals surface area contributed by atoms with Crippen molar-refractivity contribution in [3.05, 3.63) is 12.7 Å². The molecule has 0 aliphatic rings. The zero-order valence-corrected chi connectivity index (χ0v) is 10.2. The molecule has 1 atom stereocenters. The second-order valence-corrected chi connectivity index (χ2v) is 5.26. The van der Waals surface area contributed by atoms with Crippen LogP contribution in [0.15, 0.2) is 12.7 Å². The van der Waals surface area contributed by atoms with Crippen LogP contribution in [0.3, 0.4) is 0 Å². The van der Waals surface area contributed by atoms with E-state index in [9.17, 15) is 8.42 Å². The monoisotopic (exact) mass is 251 g/mol. The minimum Gasteiger partial charge on any atom is -0.396 e. The molecule has 0 amide bonds. The van der Waals surface area contributed by atoms with Gasteiger partial charge in [-0.05, 0) is 38.3 Å². The van der Waals surface area contributed by atoms with Crippen LogP contribution in [0, 0.1) is 5.92 Å². The first-order valence-corrected chi connectivity index (χ1v) is 7.00. The molecule has 96 valence electrons. The summed E-state index contributed by atoms with van der Waals surface area (Å²) >= 11 is 0.